The SMILES string of the molecule is CC[C@H]1CN(C(=O)C2CCN(C(=O)N3CCCC3)CC2)[C@H](CC)CN1Cc1ccccc1. The summed E-state index contributed by atoms with van der Waals surface area (Å²) in [5.74, 6) is 0.382. The van der Waals surface area contributed by atoms with Gasteiger partial charge in [0.1, 0.15) is 0 Å². The first-order chi connectivity index (χ1) is 15.6. The zero-order chi connectivity index (χ0) is 22.5. The Bertz CT molecular complexity index is 756. The highest BCUT2D eigenvalue weighted by Gasteiger charge is 2.39. The van der Waals surface area contributed by atoms with Crippen LogP contribution in [0.15, 0.2) is 30.3 Å². The fourth-order valence-corrected chi connectivity index (χ4v) is 5.69. The van der Waals surface area contributed by atoms with Crippen molar-refractivity contribution in [1.82, 2.24) is 19.6 Å². The number of rotatable bonds is 5. The van der Waals surface area contributed by atoms with Gasteiger partial charge in [0.05, 0.1) is 0 Å². The normalized spacial score (nSPS) is 25.4. The molecular formula is C26H40N4O2. The predicted octanol–water partition coefficient (Wildman–Crippen LogP) is 3.82. The molecule has 0 bridgehead atoms. The van der Waals surface area contributed by atoms with Gasteiger partial charge in [-0.3, -0.25) is 9.69 Å². The van der Waals surface area contributed by atoms with Crippen LogP contribution in [0.5, 0.6) is 0 Å². The van der Waals surface area contributed by atoms with Crippen LogP contribution >= 0.6 is 0 Å². The third-order valence-corrected chi connectivity index (χ3v) is 7.76. The molecule has 0 radical (unpaired) electrons. The van der Waals surface area contributed by atoms with Crippen LogP contribution in [0, 0.1) is 5.92 Å². The number of likely N-dealkylation sites (tertiary alicyclic amines) is 2. The van der Waals surface area contributed by atoms with Gasteiger partial charge < -0.3 is 14.7 Å². The molecule has 3 heterocycles. The van der Waals surface area contributed by atoms with Crippen LogP contribution in [-0.2, 0) is 11.3 Å². The second-order valence-corrected chi connectivity index (χ2v) is 9.77. The standard InChI is InChI=1S/C26H40N4O2/c1-3-23-20-30(24(4-2)19-29(23)18-21-10-6-5-7-11-21)25(31)22-12-16-28(17-13-22)26(32)27-14-8-9-15-27/h5-7,10-11,22-24H,3-4,8-9,12-20H2,1-2H3/t23-,24+/m0/s1. The molecule has 3 fully saturated rings. The van der Waals surface area contributed by atoms with E-state index < -0.39 is 0 Å². The first-order valence-corrected chi connectivity index (χ1v) is 12.7. The van der Waals surface area contributed by atoms with Gasteiger partial charge in [-0.2, -0.15) is 0 Å². The molecule has 1 aromatic rings. The fraction of sp³-hybridized carbons (Fsp3) is 0.692. The van der Waals surface area contributed by atoms with Gasteiger partial charge in [-0.25, -0.2) is 4.79 Å². The summed E-state index contributed by atoms with van der Waals surface area (Å²) < 4.78 is 0. The van der Waals surface area contributed by atoms with Crippen molar-refractivity contribution < 1.29 is 9.59 Å². The summed E-state index contributed by atoms with van der Waals surface area (Å²) in [6.45, 7) is 10.4. The zero-order valence-electron chi connectivity index (χ0n) is 19.9. The number of hydrogen-bond acceptors (Lipinski definition) is 3. The smallest absolute Gasteiger partial charge is 0.319 e. The first kappa shape index (κ1) is 23.1. The molecule has 0 saturated carbocycles. The summed E-state index contributed by atoms with van der Waals surface area (Å²) in [6.07, 6.45) is 5.88. The minimum atomic E-state index is 0.0601. The molecule has 0 aromatic heterocycles. The van der Waals surface area contributed by atoms with E-state index in [4.69, 9.17) is 0 Å². The third-order valence-electron chi connectivity index (χ3n) is 7.76. The maximum absolute atomic E-state index is 13.6. The minimum absolute atomic E-state index is 0.0601. The topological polar surface area (TPSA) is 47.1 Å². The van der Waals surface area contributed by atoms with Gasteiger partial charge in [-0.15, -0.1) is 0 Å². The largest absolute Gasteiger partial charge is 0.337 e. The molecule has 4 rings (SSSR count). The summed E-state index contributed by atoms with van der Waals surface area (Å²) in [6, 6.07) is 11.5. The van der Waals surface area contributed by atoms with Crippen LogP contribution in [0.3, 0.4) is 0 Å². The van der Waals surface area contributed by atoms with Crippen LogP contribution in [0.1, 0.15) is 57.9 Å². The van der Waals surface area contributed by atoms with Crippen molar-refractivity contribution in [2.45, 2.75) is 71.0 Å². The average molecular weight is 441 g/mol. The quantitative estimate of drug-likeness (QED) is 0.699. The second kappa shape index (κ2) is 10.7. The molecule has 0 unspecified atom stereocenters. The number of benzene rings is 1. The molecule has 0 N–H and O–H groups in total. The van der Waals surface area contributed by atoms with E-state index in [1.165, 1.54) is 5.56 Å². The molecule has 3 amide bonds. The second-order valence-electron chi connectivity index (χ2n) is 9.77. The van der Waals surface area contributed by atoms with Crippen molar-refractivity contribution in [3.8, 4) is 0 Å². The average Bonchev–Trinajstić information content (AvgIpc) is 3.38. The van der Waals surface area contributed by atoms with Crippen LogP contribution in [0.2, 0.25) is 0 Å². The lowest BCUT2D eigenvalue weighted by Crippen LogP contribution is -2.60. The van der Waals surface area contributed by atoms with Crippen molar-refractivity contribution in [3.63, 3.8) is 0 Å². The van der Waals surface area contributed by atoms with Gasteiger partial charge in [0.15, 0.2) is 0 Å². The summed E-state index contributed by atoms with van der Waals surface area (Å²) in [5.41, 5.74) is 1.34. The van der Waals surface area contributed by atoms with Crippen molar-refractivity contribution in [2.24, 2.45) is 5.92 Å². The molecule has 32 heavy (non-hydrogen) atoms. The van der Waals surface area contributed by atoms with E-state index in [2.05, 4.69) is 54.0 Å². The van der Waals surface area contributed by atoms with Crippen LogP contribution in [-0.4, -0.2) is 82.9 Å². The lowest BCUT2D eigenvalue weighted by atomic mass is 9.92. The number of carbonyl (C=O) groups excluding carboxylic acids is 2. The summed E-state index contributed by atoms with van der Waals surface area (Å²) >= 11 is 0. The summed E-state index contributed by atoms with van der Waals surface area (Å²) in [4.78, 5) is 35.0. The zero-order valence-corrected chi connectivity index (χ0v) is 19.9. The molecule has 6 heteroatoms. The Labute approximate surface area is 193 Å². The van der Waals surface area contributed by atoms with E-state index in [9.17, 15) is 9.59 Å². The lowest BCUT2D eigenvalue weighted by molar-refractivity contribution is -0.144. The molecule has 1 aromatic carbocycles. The van der Waals surface area contributed by atoms with Gasteiger partial charge in [0.25, 0.3) is 0 Å². The Kier molecular flexibility index (Phi) is 7.71. The van der Waals surface area contributed by atoms with Crippen LogP contribution in [0.25, 0.3) is 0 Å². The Hall–Kier alpha value is -2.08. The summed E-state index contributed by atoms with van der Waals surface area (Å²) in [7, 11) is 0. The Morgan fingerprint density at radius 1 is 0.844 bits per heavy atom. The number of piperidine rings is 1. The molecule has 6 nitrogen and oxygen atoms in total. The minimum Gasteiger partial charge on any atom is -0.337 e. The van der Waals surface area contributed by atoms with E-state index >= 15 is 0 Å². The molecule has 0 aliphatic carbocycles. The monoisotopic (exact) mass is 440 g/mol. The Morgan fingerprint density at radius 2 is 1.47 bits per heavy atom. The third kappa shape index (κ3) is 5.11. The number of hydrogen-bond donors (Lipinski definition) is 0. The van der Waals surface area contributed by atoms with E-state index in [-0.39, 0.29) is 18.0 Å². The van der Waals surface area contributed by atoms with Crippen LogP contribution < -0.4 is 0 Å². The maximum atomic E-state index is 13.6. The Morgan fingerprint density at radius 3 is 2.09 bits per heavy atom. The molecule has 2 atom stereocenters. The van der Waals surface area contributed by atoms with Gasteiger partial charge in [-0.05, 0) is 44.1 Å². The van der Waals surface area contributed by atoms with Crippen molar-refractivity contribution in [2.75, 3.05) is 39.3 Å². The van der Waals surface area contributed by atoms with Gasteiger partial charge >= 0.3 is 6.03 Å². The first-order valence-electron chi connectivity index (χ1n) is 12.7. The molecule has 3 aliphatic heterocycles. The highest BCUT2D eigenvalue weighted by molar-refractivity contribution is 5.80. The maximum Gasteiger partial charge on any atom is 0.319 e. The van der Waals surface area contributed by atoms with Crippen LogP contribution in [0.4, 0.5) is 4.79 Å². The molecule has 0 spiro atoms. The molecule has 176 valence electrons. The van der Waals surface area contributed by atoms with Gasteiger partial charge in [0.2, 0.25) is 5.91 Å². The predicted molar refractivity (Wildman–Crippen MR) is 127 cm³/mol. The van der Waals surface area contributed by atoms with Crippen molar-refractivity contribution in [3.05, 3.63) is 35.9 Å². The number of carbonyl (C=O) groups is 2. The lowest BCUT2D eigenvalue weighted by Gasteiger charge is -2.47. The summed E-state index contributed by atoms with van der Waals surface area (Å²) in [5, 5.41) is 0. The van der Waals surface area contributed by atoms with E-state index in [1.807, 2.05) is 9.80 Å². The van der Waals surface area contributed by atoms with Gasteiger partial charge in [-0.1, -0.05) is 44.2 Å². The van der Waals surface area contributed by atoms with Crippen molar-refractivity contribution in [1.29, 1.82) is 0 Å². The number of nitrogens with zero attached hydrogens (tertiary/aromatic N) is 4. The van der Waals surface area contributed by atoms with Gasteiger partial charge in [0, 0.05) is 63.8 Å². The van der Waals surface area contributed by atoms with Crippen molar-refractivity contribution >= 4 is 11.9 Å². The molecular weight excluding hydrogens is 400 g/mol. The highest BCUT2D eigenvalue weighted by atomic mass is 16.2. The van der Waals surface area contributed by atoms with E-state index in [0.29, 0.717) is 25.0 Å². The fourth-order valence-electron chi connectivity index (χ4n) is 5.69. The number of amides is 3. The highest BCUT2D eigenvalue weighted by Crippen LogP contribution is 2.27. The number of urea groups is 1. The Balaban J connectivity index is 1.35. The number of piperazine rings is 1. The molecule has 3 saturated heterocycles. The van der Waals surface area contributed by atoms with E-state index in [1.54, 1.807) is 0 Å². The van der Waals surface area contributed by atoms with E-state index in [0.717, 1.165) is 71.2 Å². The molecule has 3 aliphatic rings.